The van der Waals surface area contributed by atoms with Crippen molar-refractivity contribution in [3.8, 4) is 0 Å². The third-order valence-corrected chi connectivity index (χ3v) is 5.43. The summed E-state index contributed by atoms with van der Waals surface area (Å²) in [5.41, 5.74) is 0.380. The number of anilines is 1. The highest BCUT2D eigenvalue weighted by molar-refractivity contribution is 6.05. The Bertz CT molecular complexity index is 919. The number of halogens is 1. The van der Waals surface area contributed by atoms with Gasteiger partial charge < -0.3 is 15.0 Å². The smallest absolute Gasteiger partial charge is 0.308 e. The Kier molecular flexibility index (Phi) is 7.34. The number of carbonyl (C=O) groups excluding carboxylic acids is 5. The number of likely N-dealkylation sites (tertiary alicyclic amines) is 1. The van der Waals surface area contributed by atoms with Crippen molar-refractivity contribution in [2.75, 3.05) is 32.1 Å². The minimum absolute atomic E-state index is 0.0897. The summed E-state index contributed by atoms with van der Waals surface area (Å²) in [6.07, 6.45) is 4.59. The highest BCUT2D eigenvalue weighted by Crippen LogP contribution is 2.34. The van der Waals surface area contributed by atoms with Crippen molar-refractivity contribution in [2.24, 2.45) is 11.8 Å². The van der Waals surface area contributed by atoms with Crippen LogP contribution in [0.15, 0.2) is 36.4 Å². The standard InChI is InChI=1S/C22H24FN3O6/c1-25(12-18(27)24-15-8-6-14(23)7-9-15)19(28)13-32-20(29)10-11-26-21(30)16-4-2-3-5-17(16)22(26)31/h2-3,6-9,16-17H,4-5,10-13H2,1H3,(H,24,27)/t16-,17-/m1/s1. The summed E-state index contributed by atoms with van der Waals surface area (Å²) >= 11 is 0. The second-order valence-corrected chi connectivity index (χ2v) is 7.70. The van der Waals surface area contributed by atoms with Crippen LogP contribution in [0.3, 0.4) is 0 Å². The van der Waals surface area contributed by atoms with E-state index in [1.54, 1.807) is 0 Å². The molecular weight excluding hydrogens is 421 g/mol. The van der Waals surface area contributed by atoms with Crippen molar-refractivity contribution in [1.82, 2.24) is 9.80 Å². The first-order valence-corrected chi connectivity index (χ1v) is 10.2. The molecule has 1 N–H and O–H groups in total. The number of benzene rings is 1. The maximum absolute atomic E-state index is 12.9. The second kappa shape index (κ2) is 10.2. The van der Waals surface area contributed by atoms with Crippen LogP contribution in [0.2, 0.25) is 0 Å². The lowest BCUT2D eigenvalue weighted by Crippen LogP contribution is -2.38. The van der Waals surface area contributed by atoms with Crippen molar-refractivity contribution in [3.63, 3.8) is 0 Å². The van der Waals surface area contributed by atoms with Crippen molar-refractivity contribution in [1.29, 1.82) is 0 Å². The molecule has 0 saturated carbocycles. The van der Waals surface area contributed by atoms with E-state index in [2.05, 4.69) is 5.32 Å². The number of nitrogens with zero attached hydrogens (tertiary/aromatic N) is 2. The number of allylic oxidation sites excluding steroid dienone is 2. The summed E-state index contributed by atoms with van der Waals surface area (Å²) in [6.45, 7) is -0.953. The molecule has 1 aromatic rings. The molecule has 1 aliphatic heterocycles. The predicted octanol–water partition coefficient (Wildman–Crippen LogP) is 1.11. The van der Waals surface area contributed by atoms with Gasteiger partial charge in [0.15, 0.2) is 6.61 Å². The topological polar surface area (TPSA) is 113 Å². The normalized spacial score (nSPS) is 19.5. The van der Waals surface area contributed by atoms with Crippen LogP contribution in [-0.2, 0) is 28.7 Å². The lowest BCUT2D eigenvalue weighted by molar-refractivity contribution is -0.152. The molecule has 32 heavy (non-hydrogen) atoms. The van der Waals surface area contributed by atoms with Gasteiger partial charge in [0.1, 0.15) is 5.82 Å². The third-order valence-electron chi connectivity index (χ3n) is 5.43. The van der Waals surface area contributed by atoms with Gasteiger partial charge in [0, 0.05) is 19.3 Å². The highest BCUT2D eigenvalue weighted by atomic mass is 19.1. The maximum atomic E-state index is 12.9. The van der Waals surface area contributed by atoms with E-state index in [-0.39, 0.29) is 43.2 Å². The highest BCUT2D eigenvalue weighted by Gasteiger charge is 2.46. The molecule has 0 unspecified atom stereocenters. The number of likely N-dealkylation sites (N-methyl/N-ethyl adjacent to an activating group) is 1. The van der Waals surface area contributed by atoms with Crippen LogP contribution in [0.1, 0.15) is 19.3 Å². The summed E-state index contributed by atoms with van der Waals surface area (Å²) in [7, 11) is 1.37. The van der Waals surface area contributed by atoms with Crippen LogP contribution in [0.5, 0.6) is 0 Å². The lowest BCUT2D eigenvalue weighted by Gasteiger charge is -2.17. The molecular formula is C22H24FN3O6. The first-order valence-electron chi connectivity index (χ1n) is 10.2. The van der Waals surface area contributed by atoms with Gasteiger partial charge in [-0.05, 0) is 37.1 Å². The average molecular weight is 445 g/mol. The van der Waals surface area contributed by atoms with E-state index in [0.717, 1.165) is 9.80 Å². The Labute approximate surface area is 184 Å². The average Bonchev–Trinajstić information content (AvgIpc) is 3.02. The summed E-state index contributed by atoms with van der Waals surface area (Å²) in [4.78, 5) is 63.0. The Balaban J connectivity index is 1.38. The van der Waals surface area contributed by atoms with Gasteiger partial charge in [-0.1, -0.05) is 12.2 Å². The molecule has 0 bridgehead atoms. The molecule has 9 nitrogen and oxygen atoms in total. The van der Waals surface area contributed by atoms with Crippen LogP contribution in [0, 0.1) is 17.7 Å². The molecule has 1 fully saturated rings. The Hall–Kier alpha value is -3.56. The number of carbonyl (C=O) groups is 5. The van der Waals surface area contributed by atoms with E-state index in [1.165, 1.54) is 31.3 Å². The molecule has 3 rings (SSSR count). The zero-order valence-corrected chi connectivity index (χ0v) is 17.6. The number of fused-ring (bicyclic) bond motifs is 1. The zero-order valence-electron chi connectivity index (χ0n) is 17.6. The molecule has 1 aromatic carbocycles. The zero-order chi connectivity index (χ0) is 23.3. The van der Waals surface area contributed by atoms with Gasteiger partial charge in [0.25, 0.3) is 5.91 Å². The van der Waals surface area contributed by atoms with Crippen molar-refractivity contribution in [3.05, 3.63) is 42.2 Å². The van der Waals surface area contributed by atoms with E-state index in [9.17, 15) is 28.4 Å². The molecule has 1 heterocycles. The van der Waals surface area contributed by atoms with E-state index >= 15 is 0 Å². The summed E-state index contributed by atoms with van der Waals surface area (Å²) in [5, 5.41) is 2.52. The number of rotatable bonds is 8. The molecule has 2 aliphatic rings. The first-order chi connectivity index (χ1) is 15.3. The van der Waals surface area contributed by atoms with Crippen LogP contribution < -0.4 is 5.32 Å². The van der Waals surface area contributed by atoms with Crippen molar-refractivity contribution >= 4 is 35.3 Å². The number of hydrogen-bond donors (Lipinski definition) is 1. The Morgan fingerprint density at radius 3 is 2.28 bits per heavy atom. The van der Waals surface area contributed by atoms with Gasteiger partial charge in [-0.3, -0.25) is 28.9 Å². The number of ether oxygens (including phenoxy) is 1. The maximum Gasteiger partial charge on any atom is 0.308 e. The number of esters is 1. The molecule has 10 heteroatoms. The second-order valence-electron chi connectivity index (χ2n) is 7.70. The fourth-order valence-electron chi connectivity index (χ4n) is 3.65. The summed E-state index contributed by atoms with van der Waals surface area (Å²) < 4.78 is 17.8. The minimum atomic E-state index is -0.726. The molecule has 4 amide bonds. The SMILES string of the molecule is CN(CC(=O)Nc1ccc(F)cc1)C(=O)COC(=O)CCN1C(=O)[C@@H]2CC=CC[C@H]2C1=O. The van der Waals surface area contributed by atoms with E-state index in [0.29, 0.717) is 18.5 Å². The third kappa shape index (κ3) is 5.57. The predicted molar refractivity (Wildman–Crippen MR) is 110 cm³/mol. The van der Waals surface area contributed by atoms with Crippen LogP contribution in [0.25, 0.3) is 0 Å². The molecule has 170 valence electrons. The van der Waals surface area contributed by atoms with Gasteiger partial charge in [-0.2, -0.15) is 0 Å². The van der Waals surface area contributed by atoms with Gasteiger partial charge in [-0.25, -0.2) is 4.39 Å². The van der Waals surface area contributed by atoms with Crippen molar-refractivity contribution in [2.45, 2.75) is 19.3 Å². The molecule has 0 radical (unpaired) electrons. The lowest BCUT2D eigenvalue weighted by atomic mass is 9.85. The summed E-state index contributed by atoms with van der Waals surface area (Å²) in [5.74, 6) is -3.54. The van der Waals surface area contributed by atoms with Crippen LogP contribution in [0.4, 0.5) is 10.1 Å². The Morgan fingerprint density at radius 2 is 1.69 bits per heavy atom. The fraction of sp³-hybridized carbons (Fsp3) is 0.409. The number of hydrogen-bond acceptors (Lipinski definition) is 6. The monoisotopic (exact) mass is 445 g/mol. The van der Waals surface area contributed by atoms with E-state index < -0.39 is 30.2 Å². The molecule has 0 aromatic heterocycles. The summed E-state index contributed by atoms with van der Waals surface area (Å²) in [6, 6.07) is 5.16. The van der Waals surface area contributed by atoms with Crippen LogP contribution in [-0.4, -0.2) is 66.1 Å². The van der Waals surface area contributed by atoms with Gasteiger partial charge in [0.2, 0.25) is 17.7 Å². The number of amides is 4. The quantitative estimate of drug-likeness (QED) is 0.364. The van der Waals surface area contributed by atoms with Crippen LogP contribution >= 0.6 is 0 Å². The van der Waals surface area contributed by atoms with Gasteiger partial charge in [0.05, 0.1) is 24.8 Å². The fourth-order valence-corrected chi connectivity index (χ4v) is 3.65. The van der Waals surface area contributed by atoms with Crippen molar-refractivity contribution < 1.29 is 33.1 Å². The molecule has 1 saturated heterocycles. The van der Waals surface area contributed by atoms with Gasteiger partial charge >= 0.3 is 5.97 Å². The number of imide groups is 1. The number of nitrogens with one attached hydrogen (secondary N) is 1. The van der Waals surface area contributed by atoms with Gasteiger partial charge in [-0.15, -0.1) is 0 Å². The molecule has 1 aliphatic carbocycles. The first kappa shape index (κ1) is 23.1. The largest absolute Gasteiger partial charge is 0.456 e. The molecule has 2 atom stereocenters. The molecule has 0 spiro atoms. The Morgan fingerprint density at radius 1 is 1.09 bits per heavy atom. The van der Waals surface area contributed by atoms with E-state index in [1.807, 2.05) is 12.2 Å². The van der Waals surface area contributed by atoms with E-state index in [4.69, 9.17) is 4.74 Å². The minimum Gasteiger partial charge on any atom is -0.456 e.